The van der Waals surface area contributed by atoms with Crippen LogP contribution in [0.2, 0.25) is 0 Å². The van der Waals surface area contributed by atoms with E-state index in [1.165, 1.54) is 12.2 Å². The number of aliphatic hydroxyl groups is 1. The third-order valence-electron chi connectivity index (χ3n) is 3.69. The Bertz CT molecular complexity index is 361. The van der Waals surface area contributed by atoms with Crippen LogP contribution in [-0.2, 0) is 9.59 Å². The first-order chi connectivity index (χ1) is 7.44. The lowest BCUT2D eigenvalue weighted by Crippen LogP contribution is -2.46. The van der Waals surface area contributed by atoms with Gasteiger partial charge in [0, 0.05) is 0 Å². The zero-order valence-electron chi connectivity index (χ0n) is 8.67. The number of rotatable bonds is 2. The van der Waals surface area contributed by atoms with Gasteiger partial charge in [0.2, 0.25) is 0 Å². The third kappa shape index (κ3) is 1.61. The standard InChI is InChI=1S/C11H14O5/c12-8-1-2-11(10(15)16)4-6(8)3-7(5-11)9(13)14/h1-2,6-8,12H,3-5H2,(H,13,14)(H,15,16)/t6-,7-,8-,11+/m1/s1. The molecule has 2 aliphatic carbocycles. The van der Waals surface area contributed by atoms with Crippen molar-refractivity contribution in [2.45, 2.75) is 25.4 Å². The number of carboxylic acid groups (broad SMARTS) is 2. The van der Waals surface area contributed by atoms with Gasteiger partial charge >= 0.3 is 11.9 Å². The molecule has 2 rings (SSSR count). The second kappa shape index (κ2) is 3.59. The van der Waals surface area contributed by atoms with Crippen molar-refractivity contribution in [3.63, 3.8) is 0 Å². The maximum absolute atomic E-state index is 11.2. The molecule has 0 aromatic carbocycles. The largest absolute Gasteiger partial charge is 0.481 e. The first-order valence-electron chi connectivity index (χ1n) is 5.28. The summed E-state index contributed by atoms with van der Waals surface area (Å²) in [6.07, 6.45) is 3.05. The molecule has 5 nitrogen and oxygen atoms in total. The van der Waals surface area contributed by atoms with E-state index in [9.17, 15) is 19.8 Å². The summed E-state index contributed by atoms with van der Waals surface area (Å²) in [6.45, 7) is 0. The van der Waals surface area contributed by atoms with Crippen molar-refractivity contribution in [1.82, 2.24) is 0 Å². The molecular formula is C11H14O5. The van der Waals surface area contributed by atoms with E-state index in [1.54, 1.807) is 0 Å². The maximum atomic E-state index is 11.2. The number of carboxylic acids is 2. The summed E-state index contributed by atoms with van der Waals surface area (Å²) in [5.74, 6) is -2.89. The molecule has 1 saturated carbocycles. The van der Waals surface area contributed by atoms with Gasteiger partial charge in [0.1, 0.15) is 0 Å². The lowest BCUT2D eigenvalue weighted by atomic mass is 9.61. The van der Waals surface area contributed by atoms with Gasteiger partial charge in [-0.2, -0.15) is 0 Å². The molecule has 3 N–H and O–H groups in total. The van der Waals surface area contributed by atoms with Gasteiger partial charge < -0.3 is 15.3 Å². The number of aliphatic carboxylic acids is 2. The van der Waals surface area contributed by atoms with Crippen molar-refractivity contribution >= 4 is 11.9 Å². The number of hydrogen-bond donors (Lipinski definition) is 3. The second-order valence-electron chi connectivity index (χ2n) is 4.75. The smallest absolute Gasteiger partial charge is 0.313 e. The Morgan fingerprint density at radius 1 is 1.25 bits per heavy atom. The van der Waals surface area contributed by atoms with Crippen LogP contribution >= 0.6 is 0 Å². The van der Waals surface area contributed by atoms with E-state index >= 15 is 0 Å². The SMILES string of the molecule is O=C(O)[C@@H]1C[C@@H]2C[C@@](C(=O)O)(C=C[C@H]2O)C1. The molecule has 1 fully saturated rings. The molecule has 2 aliphatic rings. The second-order valence-corrected chi connectivity index (χ2v) is 4.75. The first kappa shape index (κ1) is 11.1. The van der Waals surface area contributed by atoms with Crippen molar-refractivity contribution in [2.75, 3.05) is 0 Å². The molecule has 5 heteroatoms. The van der Waals surface area contributed by atoms with Gasteiger partial charge in [-0.3, -0.25) is 9.59 Å². The summed E-state index contributed by atoms with van der Waals surface area (Å²) < 4.78 is 0. The summed E-state index contributed by atoms with van der Waals surface area (Å²) in [7, 11) is 0. The van der Waals surface area contributed by atoms with E-state index in [1.807, 2.05) is 0 Å². The Morgan fingerprint density at radius 3 is 2.50 bits per heavy atom. The molecule has 0 saturated heterocycles. The summed E-state index contributed by atoms with van der Waals surface area (Å²) >= 11 is 0. The molecule has 0 unspecified atom stereocenters. The molecule has 0 spiro atoms. The fourth-order valence-electron chi connectivity index (χ4n) is 2.79. The Balaban J connectivity index is 2.34. The van der Waals surface area contributed by atoms with Crippen LogP contribution in [0.1, 0.15) is 19.3 Å². The van der Waals surface area contributed by atoms with Gasteiger partial charge in [-0.25, -0.2) is 0 Å². The molecule has 16 heavy (non-hydrogen) atoms. The van der Waals surface area contributed by atoms with E-state index in [4.69, 9.17) is 5.11 Å². The van der Waals surface area contributed by atoms with Crippen molar-refractivity contribution in [3.05, 3.63) is 12.2 Å². The molecule has 0 aliphatic heterocycles. The molecule has 0 aromatic rings. The molecule has 0 radical (unpaired) electrons. The normalized spacial score (nSPS) is 41.7. The zero-order chi connectivity index (χ0) is 11.9. The highest BCUT2D eigenvalue weighted by atomic mass is 16.4. The maximum Gasteiger partial charge on any atom is 0.313 e. The highest BCUT2D eigenvalue weighted by molar-refractivity contribution is 5.80. The van der Waals surface area contributed by atoms with Crippen LogP contribution in [0.5, 0.6) is 0 Å². The van der Waals surface area contributed by atoms with E-state index < -0.39 is 29.4 Å². The van der Waals surface area contributed by atoms with Crippen LogP contribution in [0.3, 0.4) is 0 Å². The van der Waals surface area contributed by atoms with Crippen LogP contribution in [-0.4, -0.2) is 33.4 Å². The van der Waals surface area contributed by atoms with Crippen molar-refractivity contribution in [2.24, 2.45) is 17.3 Å². The van der Waals surface area contributed by atoms with E-state index in [0.29, 0.717) is 12.8 Å². The Morgan fingerprint density at radius 2 is 1.94 bits per heavy atom. The van der Waals surface area contributed by atoms with Gasteiger partial charge in [0.15, 0.2) is 0 Å². The third-order valence-corrected chi connectivity index (χ3v) is 3.69. The molecule has 0 aromatic heterocycles. The topological polar surface area (TPSA) is 94.8 Å². The molecule has 2 bridgehead atoms. The summed E-state index contributed by atoms with van der Waals surface area (Å²) in [4.78, 5) is 22.2. The van der Waals surface area contributed by atoms with Crippen LogP contribution in [0.25, 0.3) is 0 Å². The number of carbonyl (C=O) groups is 2. The summed E-state index contributed by atoms with van der Waals surface area (Å²) in [5, 5.41) is 27.8. The monoisotopic (exact) mass is 226 g/mol. The lowest BCUT2D eigenvalue weighted by molar-refractivity contribution is -0.156. The quantitative estimate of drug-likeness (QED) is 0.595. The fraction of sp³-hybridized carbons (Fsp3) is 0.636. The highest BCUT2D eigenvalue weighted by Crippen LogP contribution is 2.48. The van der Waals surface area contributed by atoms with Gasteiger partial charge in [0.25, 0.3) is 0 Å². The molecule has 4 atom stereocenters. The van der Waals surface area contributed by atoms with Crippen molar-refractivity contribution < 1.29 is 24.9 Å². The summed E-state index contributed by atoms with van der Waals surface area (Å²) in [5.41, 5.74) is -1.09. The van der Waals surface area contributed by atoms with Gasteiger partial charge in [-0.05, 0) is 25.2 Å². The first-order valence-corrected chi connectivity index (χ1v) is 5.28. The average Bonchev–Trinajstić information content (AvgIpc) is 2.23. The number of fused-ring (bicyclic) bond motifs is 2. The predicted molar refractivity (Wildman–Crippen MR) is 53.7 cm³/mol. The minimum absolute atomic E-state index is 0.122. The Hall–Kier alpha value is -1.36. The van der Waals surface area contributed by atoms with E-state index in [0.717, 1.165) is 0 Å². The predicted octanol–water partition coefficient (Wildman–Crippen LogP) is 0.489. The van der Waals surface area contributed by atoms with Crippen molar-refractivity contribution in [3.8, 4) is 0 Å². The molecule has 0 amide bonds. The minimum Gasteiger partial charge on any atom is -0.481 e. The van der Waals surface area contributed by atoms with Gasteiger partial charge in [-0.1, -0.05) is 12.2 Å². The summed E-state index contributed by atoms with van der Waals surface area (Å²) in [6, 6.07) is 0. The van der Waals surface area contributed by atoms with Crippen molar-refractivity contribution in [1.29, 1.82) is 0 Å². The molecule has 0 heterocycles. The number of hydrogen-bond acceptors (Lipinski definition) is 3. The van der Waals surface area contributed by atoms with Gasteiger partial charge in [-0.15, -0.1) is 0 Å². The minimum atomic E-state index is -1.09. The Kier molecular flexibility index (Phi) is 2.50. The van der Waals surface area contributed by atoms with E-state index in [2.05, 4.69) is 0 Å². The Labute approximate surface area is 92.4 Å². The average molecular weight is 226 g/mol. The van der Waals surface area contributed by atoms with Crippen LogP contribution in [0.15, 0.2) is 12.2 Å². The zero-order valence-corrected chi connectivity index (χ0v) is 8.67. The molecular weight excluding hydrogens is 212 g/mol. The molecule has 88 valence electrons. The van der Waals surface area contributed by atoms with Crippen LogP contribution < -0.4 is 0 Å². The lowest BCUT2D eigenvalue weighted by Gasteiger charge is -2.43. The highest BCUT2D eigenvalue weighted by Gasteiger charge is 2.50. The van der Waals surface area contributed by atoms with Crippen LogP contribution in [0.4, 0.5) is 0 Å². The van der Waals surface area contributed by atoms with Crippen LogP contribution in [0, 0.1) is 17.3 Å². The number of aliphatic hydroxyl groups excluding tert-OH is 1. The fourth-order valence-corrected chi connectivity index (χ4v) is 2.79. The van der Waals surface area contributed by atoms with E-state index in [-0.39, 0.29) is 12.3 Å². The van der Waals surface area contributed by atoms with Gasteiger partial charge in [0.05, 0.1) is 17.4 Å².